The largest absolute Gasteiger partial charge is 0.420 e. The number of hydrogen-bond acceptors (Lipinski definition) is 5. The van der Waals surface area contributed by atoms with Gasteiger partial charge in [-0.15, -0.1) is 11.3 Å². The first kappa shape index (κ1) is 11.1. The summed E-state index contributed by atoms with van der Waals surface area (Å²) in [5.74, 6) is 0.953. The van der Waals surface area contributed by atoms with E-state index in [4.69, 9.17) is 9.68 Å². The molecular formula is C13H11N3OS. The molecule has 2 aromatic heterocycles. The summed E-state index contributed by atoms with van der Waals surface area (Å²) in [4.78, 5) is 5.26. The molecule has 0 aromatic carbocycles. The van der Waals surface area contributed by atoms with Crippen LogP contribution in [-0.2, 0) is 0 Å². The molecule has 0 unspecified atom stereocenters. The molecular weight excluding hydrogens is 246 g/mol. The van der Waals surface area contributed by atoms with Gasteiger partial charge in [-0.05, 0) is 30.4 Å². The molecule has 4 nitrogen and oxygen atoms in total. The van der Waals surface area contributed by atoms with Crippen molar-refractivity contribution in [3.8, 4) is 6.07 Å². The highest BCUT2D eigenvalue weighted by atomic mass is 32.1. The lowest BCUT2D eigenvalue weighted by atomic mass is 10.4. The van der Waals surface area contributed by atoms with Gasteiger partial charge in [-0.1, -0.05) is 6.07 Å². The molecule has 3 rings (SSSR count). The topological polar surface area (TPSA) is 61.9 Å². The maximum atomic E-state index is 8.98. The Morgan fingerprint density at radius 2 is 2.39 bits per heavy atom. The predicted molar refractivity (Wildman–Crippen MR) is 71.1 cm³/mol. The van der Waals surface area contributed by atoms with Crippen LogP contribution in [0.5, 0.6) is 0 Å². The van der Waals surface area contributed by atoms with Crippen LogP contribution in [0.25, 0.3) is 12.2 Å². The van der Waals surface area contributed by atoms with Gasteiger partial charge in [0.2, 0.25) is 17.5 Å². The number of oxazole rings is 1. The van der Waals surface area contributed by atoms with Gasteiger partial charge in [0.1, 0.15) is 6.07 Å². The van der Waals surface area contributed by atoms with Crippen molar-refractivity contribution in [3.05, 3.63) is 34.0 Å². The molecule has 0 saturated heterocycles. The smallest absolute Gasteiger partial charge is 0.232 e. The van der Waals surface area contributed by atoms with E-state index in [0.29, 0.717) is 23.5 Å². The molecule has 1 aliphatic rings. The number of thiophene rings is 1. The average Bonchev–Trinajstić information content (AvgIpc) is 2.91. The summed E-state index contributed by atoms with van der Waals surface area (Å²) in [6, 6.07) is 6.49. The van der Waals surface area contributed by atoms with Crippen LogP contribution in [0.2, 0.25) is 0 Å². The van der Waals surface area contributed by atoms with Gasteiger partial charge in [-0.2, -0.15) is 10.2 Å². The summed E-state index contributed by atoms with van der Waals surface area (Å²) in [6.45, 7) is 0. The minimum absolute atomic E-state index is 0.327. The third kappa shape index (κ3) is 2.44. The first-order chi connectivity index (χ1) is 8.85. The van der Waals surface area contributed by atoms with Crippen LogP contribution in [0.3, 0.4) is 0 Å². The van der Waals surface area contributed by atoms with Crippen molar-refractivity contribution in [2.45, 2.75) is 18.9 Å². The Kier molecular flexibility index (Phi) is 2.87. The Balaban J connectivity index is 1.80. The maximum absolute atomic E-state index is 8.98. The van der Waals surface area contributed by atoms with E-state index in [9.17, 15) is 0 Å². The first-order valence-corrected chi connectivity index (χ1v) is 6.62. The molecule has 0 atom stereocenters. The second kappa shape index (κ2) is 4.67. The lowest BCUT2D eigenvalue weighted by Crippen LogP contribution is -2.00. The van der Waals surface area contributed by atoms with Gasteiger partial charge in [0.15, 0.2) is 0 Å². The minimum atomic E-state index is 0.327. The Labute approximate surface area is 109 Å². The van der Waals surface area contributed by atoms with Crippen molar-refractivity contribution in [3.63, 3.8) is 0 Å². The highest BCUT2D eigenvalue weighted by Gasteiger charge is 2.24. The van der Waals surface area contributed by atoms with Crippen molar-refractivity contribution < 1.29 is 4.42 Å². The number of hydrogen-bond donors (Lipinski definition) is 1. The van der Waals surface area contributed by atoms with E-state index in [1.807, 2.05) is 29.7 Å². The van der Waals surface area contributed by atoms with Crippen LogP contribution in [0.1, 0.15) is 29.3 Å². The maximum Gasteiger partial charge on any atom is 0.232 e. The van der Waals surface area contributed by atoms with Crippen molar-refractivity contribution in [1.82, 2.24) is 4.98 Å². The molecule has 90 valence electrons. The molecule has 2 aromatic rings. The highest BCUT2D eigenvalue weighted by molar-refractivity contribution is 7.10. The SMILES string of the molecule is N#Cc1nc(C=Cc2cccs2)oc1NC1CC1. The molecule has 18 heavy (non-hydrogen) atoms. The lowest BCUT2D eigenvalue weighted by molar-refractivity contribution is 0.557. The monoisotopic (exact) mass is 257 g/mol. The molecule has 0 amide bonds. The van der Waals surface area contributed by atoms with Crippen molar-refractivity contribution in [2.24, 2.45) is 0 Å². The van der Waals surface area contributed by atoms with Crippen molar-refractivity contribution in [1.29, 1.82) is 5.26 Å². The molecule has 0 aliphatic heterocycles. The summed E-state index contributed by atoms with van der Waals surface area (Å²) in [5.41, 5.74) is 0.327. The minimum Gasteiger partial charge on any atom is -0.420 e. The van der Waals surface area contributed by atoms with Gasteiger partial charge in [-0.3, -0.25) is 0 Å². The van der Waals surface area contributed by atoms with Crippen LogP contribution in [0.4, 0.5) is 5.88 Å². The van der Waals surface area contributed by atoms with Gasteiger partial charge in [-0.25, -0.2) is 0 Å². The number of nitrogens with one attached hydrogen (secondary N) is 1. The highest BCUT2D eigenvalue weighted by Crippen LogP contribution is 2.27. The van der Waals surface area contributed by atoms with Crippen LogP contribution < -0.4 is 5.32 Å². The standard InChI is InChI=1S/C13H11N3OS/c14-8-11-13(15-9-3-4-9)17-12(16-11)6-5-10-2-1-7-18-10/h1-2,5-7,9,15H,3-4H2. The Morgan fingerprint density at radius 3 is 3.06 bits per heavy atom. The van der Waals surface area contributed by atoms with Gasteiger partial charge < -0.3 is 9.73 Å². The zero-order valence-electron chi connectivity index (χ0n) is 9.59. The quantitative estimate of drug-likeness (QED) is 0.912. The summed E-state index contributed by atoms with van der Waals surface area (Å²) in [7, 11) is 0. The Bertz CT molecular complexity index is 603. The summed E-state index contributed by atoms with van der Waals surface area (Å²) in [6.07, 6.45) is 5.97. The second-order valence-electron chi connectivity index (χ2n) is 4.11. The summed E-state index contributed by atoms with van der Waals surface area (Å²) in [5, 5.41) is 14.2. The van der Waals surface area contributed by atoms with E-state index in [-0.39, 0.29) is 0 Å². The fourth-order valence-corrected chi connectivity index (χ4v) is 2.15. The van der Waals surface area contributed by atoms with Gasteiger partial charge in [0.05, 0.1) is 0 Å². The molecule has 0 bridgehead atoms. The van der Waals surface area contributed by atoms with E-state index in [2.05, 4.69) is 10.3 Å². The number of nitrogens with zero attached hydrogens (tertiary/aromatic N) is 2. The molecule has 2 heterocycles. The van der Waals surface area contributed by atoms with Gasteiger partial charge in [0, 0.05) is 17.0 Å². The number of anilines is 1. The van der Waals surface area contributed by atoms with Crippen molar-refractivity contribution >= 4 is 29.4 Å². The second-order valence-corrected chi connectivity index (χ2v) is 5.09. The number of aromatic nitrogens is 1. The summed E-state index contributed by atoms with van der Waals surface area (Å²) < 4.78 is 5.53. The van der Waals surface area contributed by atoms with Crippen LogP contribution >= 0.6 is 11.3 Å². The number of nitriles is 1. The fourth-order valence-electron chi connectivity index (χ4n) is 1.53. The van der Waals surface area contributed by atoms with Gasteiger partial charge >= 0.3 is 0 Å². The molecule has 1 saturated carbocycles. The zero-order chi connectivity index (χ0) is 12.4. The van der Waals surface area contributed by atoms with Crippen LogP contribution in [-0.4, -0.2) is 11.0 Å². The molecule has 1 fully saturated rings. The van der Waals surface area contributed by atoms with E-state index in [1.165, 1.54) is 0 Å². The molecule has 5 heteroatoms. The Hall–Kier alpha value is -2.06. The molecule has 0 radical (unpaired) electrons. The van der Waals surface area contributed by atoms with E-state index >= 15 is 0 Å². The average molecular weight is 257 g/mol. The number of rotatable bonds is 4. The molecule has 1 aliphatic carbocycles. The third-order valence-electron chi connectivity index (χ3n) is 2.60. The third-order valence-corrected chi connectivity index (χ3v) is 3.43. The van der Waals surface area contributed by atoms with E-state index in [0.717, 1.165) is 17.7 Å². The van der Waals surface area contributed by atoms with Crippen molar-refractivity contribution in [2.75, 3.05) is 5.32 Å². The van der Waals surface area contributed by atoms with Crippen LogP contribution in [0.15, 0.2) is 21.9 Å². The van der Waals surface area contributed by atoms with E-state index in [1.54, 1.807) is 17.4 Å². The molecule has 1 N–H and O–H groups in total. The lowest BCUT2D eigenvalue weighted by Gasteiger charge is -1.96. The predicted octanol–water partition coefficient (Wildman–Crippen LogP) is 3.35. The summed E-state index contributed by atoms with van der Waals surface area (Å²) >= 11 is 1.64. The zero-order valence-corrected chi connectivity index (χ0v) is 10.4. The first-order valence-electron chi connectivity index (χ1n) is 5.74. The van der Waals surface area contributed by atoms with Gasteiger partial charge in [0.25, 0.3) is 0 Å². The fraction of sp³-hybridized carbons (Fsp3) is 0.231. The molecule has 0 spiro atoms. The Morgan fingerprint density at radius 1 is 1.50 bits per heavy atom. The van der Waals surface area contributed by atoms with Crippen LogP contribution in [0, 0.1) is 11.3 Å². The van der Waals surface area contributed by atoms with E-state index < -0.39 is 0 Å². The normalized spacial score (nSPS) is 14.8.